The summed E-state index contributed by atoms with van der Waals surface area (Å²) < 4.78 is 0. The van der Waals surface area contributed by atoms with E-state index in [-0.39, 0.29) is 23.0 Å². The number of urea groups is 1. The van der Waals surface area contributed by atoms with Crippen molar-refractivity contribution in [1.82, 2.24) is 4.90 Å². The molecule has 100 valence electrons. The van der Waals surface area contributed by atoms with Gasteiger partial charge in [-0.2, -0.15) is 0 Å². The number of carbonyl (C=O) groups excluding carboxylic acids is 2. The Morgan fingerprint density at radius 1 is 1.16 bits per heavy atom. The predicted molar refractivity (Wildman–Crippen MR) is 73.7 cm³/mol. The summed E-state index contributed by atoms with van der Waals surface area (Å²) >= 11 is 12.1. The number of imide groups is 1. The van der Waals surface area contributed by atoms with E-state index in [0.717, 1.165) is 24.2 Å². The summed E-state index contributed by atoms with van der Waals surface area (Å²) in [6.45, 7) is 0.629. The molecular weight excluding hydrogens is 287 g/mol. The van der Waals surface area contributed by atoms with Crippen molar-refractivity contribution in [2.75, 3.05) is 11.4 Å². The molecule has 19 heavy (non-hydrogen) atoms. The molecule has 1 unspecified atom stereocenters. The molecule has 4 nitrogen and oxygen atoms in total. The molecule has 0 radical (unpaired) electrons. The lowest BCUT2D eigenvalue weighted by Crippen LogP contribution is -2.39. The third kappa shape index (κ3) is 1.90. The van der Waals surface area contributed by atoms with Gasteiger partial charge < -0.3 is 4.90 Å². The van der Waals surface area contributed by atoms with Crippen molar-refractivity contribution < 1.29 is 9.59 Å². The lowest BCUT2D eigenvalue weighted by atomic mass is 10.0. The molecule has 3 rings (SSSR count). The summed E-state index contributed by atoms with van der Waals surface area (Å²) in [4.78, 5) is 27.5. The SMILES string of the molecule is O=C1C2CCCCN2C(=O)N1c1cccc(Cl)c1Cl. The van der Waals surface area contributed by atoms with Gasteiger partial charge in [-0.25, -0.2) is 9.69 Å². The highest BCUT2D eigenvalue weighted by atomic mass is 35.5. The van der Waals surface area contributed by atoms with Crippen molar-refractivity contribution in [3.8, 4) is 0 Å². The first-order chi connectivity index (χ1) is 9.11. The van der Waals surface area contributed by atoms with Crippen LogP contribution in [0.2, 0.25) is 10.0 Å². The molecule has 1 aromatic carbocycles. The molecule has 2 aliphatic heterocycles. The smallest absolute Gasteiger partial charge is 0.312 e. The van der Waals surface area contributed by atoms with E-state index in [0.29, 0.717) is 17.3 Å². The van der Waals surface area contributed by atoms with Gasteiger partial charge >= 0.3 is 6.03 Å². The molecule has 0 bridgehead atoms. The fraction of sp³-hybridized carbons (Fsp3) is 0.385. The molecule has 2 saturated heterocycles. The van der Waals surface area contributed by atoms with E-state index < -0.39 is 0 Å². The van der Waals surface area contributed by atoms with Crippen LogP contribution in [0, 0.1) is 0 Å². The molecule has 2 aliphatic rings. The fourth-order valence-corrected chi connectivity index (χ4v) is 3.06. The first-order valence-corrected chi connectivity index (χ1v) is 6.95. The Hall–Kier alpha value is -1.26. The number of anilines is 1. The van der Waals surface area contributed by atoms with Crippen molar-refractivity contribution in [1.29, 1.82) is 0 Å². The molecular formula is C13H12Cl2N2O2. The zero-order chi connectivity index (χ0) is 13.6. The fourth-order valence-electron chi connectivity index (χ4n) is 2.68. The normalized spacial score (nSPS) is 22.9. The van der Waals surface area contributed by atoms with Crippen molar-refractivity contribution in [3.63, 3.8) is 0 Å². The highest BCUT2D eigenvalue weighted by molar-refractivity contribution is 6.44. The predicted octanol–water partition coefficient (Wildman–Crippen LogP) is 3.31. The Morgan fingerprint density at radius 2 is 1.95 bits per heavy atom. The molecule has 1 aromatic rings. The number of hydrogen-bond acceptors (Lipinski definition) is 2. The van der Waals surface area contributed by atoms with Crippen molar-refractivity contribution >= 4 is 40.8 Å². The van der Waals surface area contributed by atoms with Crippen LogP contribution in [0.15, 0.2) is 18.2 Å². The van der Waals surface area contributed by atoms with Crippen LogP contribution in [0.1, 0.15) is 19.3 Å². The molecule has 0 spiro atoms. The van der Waals surface area contributed by atoms with Gasteiger partial charge in [-0.05, 0) is 31.4 Å². The number of piperidine rings is 1. The minimum atomic E-state index is -0.337. The third-order valence-electron chi connectivity index (χ3n) is 3.62. The van der Waals surface area contributed by atoms with Crippen LogP contribution in [0.5, 0.6) is 0 Å². The average Bonchev–Trinajstić information content (AvgIpc) is 2.67. The molecule has 0 saturated carbocycles. The lowest BCUT2D eigenvalue weighted by molar-refractivity contribution is -0.120. The molecule has 2 heterocycles. The Balaban J connectivity index is 2.03. The van der Waals surface area contributed by atoms with Crippen LogP contribution in [0.25, 0.3) is 0 Å². The first kappa shape index (κ1) is 12.8. The summed E-state index contributed by atoms with van der Waals surface area (Å²) in [7, 11) is 0. The van der Waals surface area contributed by atoms with E-state index in [2.05, 4.69) is 0 Å². The number of benzene rings is 1. The summed E-state index contributed by atoms with van der Waals surface area (Å²) in [6.07, 6.45) is 2.63. The summed E-state index contributed by atoms with van der Waals surface area (Å²) in [5, 5.41) is 0.579. The van der Waals surface area contributed by atoms with Gasteiger partial charge in [-0.3, -0.25) is 4.79 Å². The minimum absolute atomic E-state index is 0.200. The second-order valence-electron chi connectivity index (χ2n) is 4.73. The Kier molecular flexibility index (Phi) is 3.15. The van der Waals surface area contributed by atoms with Crippen LogP contribution in [-0.4, -0.2) is 29.4 Å². The highest BCUT2D eigenvalue weighted by Gasteiger charge is 2.47. The summed E-state index contributed by atoms with van der Waals surface area (Å²) in [5.74, 6) is -0.200. The van der Waals surface area contributed by atoms with E-state index in [1.807, 2.05) is 0 Å². The molecule has 3 amide bonds. The number of hydrogen-bond donors (Lipinski definition) is 0. The topological polar surface area (TPSA) is 40.6 Å². The van der Waals surface area contributed by atoms with Gasteiger partial charge in [-0.1, -0.05) is 29.3 Å². The second-order valence-corrected chi connectivity index (χ2v) is 5.52. The van der Waals surface area contributed by atoms with Crippen LogP contribution < -0.4 is 4.90 Å². The maximum absolute atomic E-state index is 12.4. The number of fused-ring (bicyclic) bond motifs is 1. The number of nitrogens with zero attached hydrogens (tertiary/aromatic N) is 2. The monoisotopic (exact) mass is 298 g/mol. The highest BCUT2D eigenvalue weighted by Crippen LogP contribution is 2.37. The molecule has 2 fully saturated rings. The van der Waals surface area contributed by atoms with E-state index in [9.17, 15) is 9.59 Å². The standard InChI is InChI=1S/C13H12Cl2N2O2/c14-8-4-3-6-9(11(8)15)17-12(18)10-5-1-2-7-16(10)13(17)19/h3-4,6,10H,1-2,5,7H2. The van der Waals surface area contributed by atoms with Gasteiger partial charge in [0.05, 0.1) is 15.7 Å². The lowest BCUT2D eigenvalue weighted by Gasteiger charge is -2.26. The average molecular weight is 299 g/mol. The largest absolute Gasteiger partial charge is 0.332 e. The van der Waals surface area contributed by atoms with E-state index in [1.54, 1.807) is 23.1 Å². The number of rotatable bonds is 1. The van der Waals surface area contributed by atoms with Crippen molar-refractivity contribution in [2.45, 2.75) is 25.3 Å². The zero-order valence-electron chi connectivity index (χ0n) is 10.1. The molecule has 0 aliphatic carbocycles. The quantitative estimate of drug-likeness (QED) is 0.746. The van der Waals surface area contributed by atoms with E-state index >= 15 is 0 Å². The van der Waals surface area contributed by atoms with Crippen LogP contribution in [-0.2, 0) is 4.79 Å². The van der Waals surface area contributed by atoms with Crippen molar-refractivity contribution in [3.05, 3.63) is 28.2 Å². The zero-order valence-corrected chi connectivity index (χ0v) is 11.6. The molecule has 1 atom stereocenters. The maximum Gasteiger partial charge on any atom is 0.332 e. The van der Waals surface area contributed by atoms with Gasteiger partial charge in [0.15, 0.2) is 0 Å². The van der Waals surface area contributed by atoms with E-state index in [4.69, 9.17) is 23.2 Å². The van der Waals surface area contributed by atoms with Gasteiger partial charge in [0.25, 0.3) is 5.91 Å². The molecule has 0 aromatic heterocycles. The number of carbonyl (C=O) groups is 2. The Bertz CT molecular complexity index is 538. The van der Waals surface area contributed by atoms with Gasteiger partial charge in [0.2, 0.25) is 0 Å². The number of amides is 3. The second kappa shape index (κ2) is 4.69. The minimum Gasteiger partial charge on any atom is -0.312 e. The summed E-state index contributed by atoms with van der Waals surface area (Å²) in [5.41, 5.74) is 0.374. The summed E-state index contributed by atoms with van der Waals surface area (Å²) in [6, 6.07) is 4.32. The van der Waals surface area contributed by atoms with Gasteiger partial charge in [0.1, 0.15) is 6.04 Å². The van der Waals surface area contributed by atoms with Gasteiger partial charge in [-0.15, -0.1) is 0 Å². The van der Waals surface area contributed by atoms with Crippen molar-refractivity contribution in [2.24, 2.45) is 0 Å². The molecule has 6 heteroatoms. The Labute approximate surface area is 120 Å². The van der Waals surface area contributed by atoms with Crippen LogP contribution >= 0.6 is 23.2 Å². The van der Waals surface area contributed by atoms with Gasteiger partial charge in [0, 0.05) is 6.54 Å². The number of halogens is 2. The molecule has 0 N–H and O–H groups in total. The Morgan fingerprint density at radius 3 is 2.68 bits per heavy atom. The first-order valence-electron chi connectivity index (χ1n) is 6.20. The third-order valence-corrected chi connectivity index (χ3v) is 4.43. The maximum atomic E-state index is 12.4. The van der Waals surface area contributed by atoms with Crippen LogP contribution in [0.3, 0.4) is 0 Å². The van der Waals surface area contributed by atoms with E-state index in [1.165, 1.54) is 0 Å². The van der Waals surface area contributed by atoms with Crippen LogP contribution in [0.4, 0.5) is 10.5 Å².